The van der Waals surface area contributed by atoms with Crippen LogP contribution in [0.1, 0.15) is 41.5 Å². The molecule has 3 nitrogen and oxygen atoms in total. The second kappa shape index (κ2) is 23.6. The van der Waals surface area contributed by atoms with Gasteiger partial charge in [0, 0.05) is 40.0 Å². The molecule has 0 aliphatic carbocycles. The van der Waals surface area contributed by atoms with Crippen LogP contribution >= 0.6 is 12.4 Å². The van der Waals surface area contributed by atoms with Gasteiger partial charge >= 0.3 is 0 Å². The Labute approximate surface area is 109 Å². The summed E-state index contributed by atoms with van der Waals surface area (Å²) >= 11 is 0. The van der Waals surface area contributed by atoms with Crippen molar-refractivity contribution in [2.45, 2.75) is 59.9 Å². The fourth-order valence-electron chi connectivity index (χ4n) is 0. The topological polar surface area (TPSA) is 60.7 Å². The van der Waals surface area contributed by atoms with Crippen molar-refractivity contribution in [2.24, 2.45) is 0 Å². The van der Waals surface area contributed by atoms with E-state index >= 15 is 0 Å². The molecule has 0 saturated heterocycles. The standard InChI is InChI=1S/3C3H8O.ClH.Ti/c3*1-3(2)4;;/h3*3-4H,1-2H3;1H;. The summed E-state index contributed by atoms with van der Waals surface area (Å²) in [4.78, 5) is 0. The van der Waals surface area contributed by atoms with E-state index in [2.05, 4.69) is 0 Å². The molecule has 3 N–H and O–H groups in total. The molecule has 0 unspecified atom stereocenters. The van der Waals surface area contributed by atoms with Crippen LogP contribution in [0.25, 0.3) is 0 Å². The molecule has 0 heterocycles. The summed E-state index contributed by atoms with van der Waals surface area (Å²) in [7, 11) is 0. The zero-order chi connectivity index (χ0) is 10.7. The average molecular weight is 265 g/mol. The van der Waals surface area contributed by atoms with Crippen molar-refractivity contribution in [1.82, 2.24) is 0 Å². The van der Waals surface area contributed by atoms with Crippen LogP contribution in [0.5, 0.6) is 0 Å². The first-order valence-corrected chi connectivity index (χ1v) is 4.24. The van der Waals surface area contributed by atoms with Crippen molar-refractivity contribution >= 4 is 12.4 Å². The van der Waals surface area contributed by atoms with Gasteiger partial charge in [0.25, 0.3) is 0 Å². The molecule has 0 aromatic heterocycles. The van der Waals surface area contributed by atoms with Gasteiger partial charge in [0.1, 0.15) is 0 Å². The van der Waals surface area contributed by atoms with Gasteiger partial charge in [0.2, 0.25) is 0 Å². The molecule has 0 rings (SSSR count). The van der Waals surface area contributed by atoms with E-state index < -0.39 is 0 Å². The third-order valence-corrected chi connectivity index (χ3v) is 0. The first-order chi connectivity index (χ1) is 5.20. The molecule has 0 fully saturated rings. The van der Waals surface area contributed by atoms with Crippen LogP contribution in [0.2, 0.25) is 0 Å². The van der Waals surface area contributed by atoms with E-state index in [1.54, 1.807) is 41.5 Å². The van der Waals surface area contributed by atoms with Crippen LogP contribution in [0.15, 0.2) is 0 Å². The van der Waals surface area contributed by atoms with E-state index in [1.807, 2.05) is 0 Å². The monoisotopic (exact) mass is 264 g/mol. The molecule has 0 spiro atoms. The predicted octanol–water partition coefficient (Wildman–Crippen LogP) is 1.58. The van der Waals surface area contributed by atoms with Gasteiger partial charge < -0.3 is 15.3 Å². The third-order valence-electron chi connectivity index (χ3n) is 0. The van der Waals surface area contributed by atoms with Crippen molar-refractivity contribution in [2.75, 3.05) is 0 Å². The van der Waals surface area contributed by atoms with Crippen LogP contribution < -0.4 is 0 Å². The van der Waals surface area contributed by atoms with Crippen LogP contribution in [-0.2, 0) is 21.7 Å². The van der Waals surface area contributed by atoms with Gasteiger partial charge in [0.05, 0.1) is 0 Å². The summed E-state index contributed by atoms with van der Waals surface area (Å²) in [6, 6.07) is 0. The molecule has 0 aliphatic heterocycles. The van der Waals surface area contributed by atoms with E-state index in [0.717, 1.165) is 0 Å². The Bertz CT molecular complexity index is 48.5. The molecule has 0 saturated carbocycles. The average Bonchev–Trinajstić information content (AvgIpc) is 1.54. The SMILES string of the molecule is CC(C)O.CC(C)O.CC(C)O.Cl.[Ti]. The van der Waals surface area contributed by atoms with E-state index in [1.165, 1.54) is 0 Å². The quantitative estimate of drug-likeness (QED) is 0.582. The molecule has 0 aromatic rings. The Kier molecular flexibility index (Phi) is 49.5. The van der Waals surface area contributed by atoms with Gasteiger partial charge in [-0.1, -0.05) is 0 Å². The Morgan fingerprint density at radius 1 is 0.571 bits per heavy atom. The number of halogens is 1. The minimum atomic E-state index is -0.167. The Hall–Kier alpha value is 0.884. The summed E-state index contributed by atoms with van der Waals surface area (Å²) in [5.74, 6) is 0. The first kappa shape index (κ1) is 29.4. The van der Waals surface area contributed by atoms with Crippen LogP contribution in [0.3, 0.4) is 0 Å². The fourth-order valence-corrected chi connectivity index (χ4v) is 0. The van der Waals surface area contributed by atoms with E-state index in [-0.39, 0.29) is 52.4 Å². The molecular formula is C9H25ClO3Ti. The van der Waals surface area contributed by atoms with Crippen molar-refractivity contribution in [3.05, 3.63) is 0 Å². The van der Waals surface area contributed by atoms with Crippen molar-refractivity contribution < 1.29 is 37.0 Å². The molecule has 0 aliphatic rings. The fraction of sp³-hybridized carbons (Fsp3) is 1.00. The minimum absolute atomic E-state index is 0. The number of rotatable bonds is 0. The van der Waals surface area contributed by atoms with E-state index in [9.17, 15) is 0 Å². The molecule has 5 heteroatoms. The number of hydrogen-bond acceptors (Lipinski definition) is 3. The molecule has 0 radical (unpaired) electrons. The molecule has 90 valence electrons. The molecular weight excluding hydrogens is 239 g/mol. The molecule has 0 atom stereocenters. The Balaban J connectivity index is -0.0000000270. The first-order valence-electron chi connectivity index (χ1n) is 4.24. The number of aliphatic hydroxyl groups excluding tert-OH is 3. The van der Waals surface area contributed by atoms with E-state index in [0.29, 0.717) is 0 Å². The Morgan fingerprint density at radius 2 is 0.571 bits per heavy atom. The summed E-state index contributed by atoms with van der Waals surface area (Å²) in [5.41, 5.74) is 0. The van der Waals surface area contributed by atoms with Gasteiger partial charge in [-0.15, -0.1) is 12.4 Å². The Morgan fingerprint density at radius 3 is 0.571 bits per heavy atom. The summed E-state index contributed by atoms with van der Waals surface area (Å²) < 4.78 is 0. The van der Waals surface area contributed by atoms with Crippen molar-refractivity contribution in [3.8, 4) is 0 Å². The van der Waals surface area contributed by atoms with Crippen LogP contribution in [0.4, 0.5) is 0 Å². The smallest absolute Gasteiger partial charge is 0.0483 e. The molecule has 0 amide bonds. The van der Waals surface area contributed by atoms with Crippen LogP contribution in [-0.4, -0.2) is 33.6 Å². The van der Waals surface area contributed by atoms with E-state index in [4.69, 9.17) is 15.3 Å². The van der Waals surface area contributed by atoms with Crippen molar-refractivity contribution in [3.63, 3.8) is 0 Å². The van der Waals surface area contributed by atoms with Gasteiger partial charge in [-0.3, -0.25) is 0 Å². The molecule has 0 bridgehead atoms. The second-order valence-electron chi connectivity index (χ2n) is 3.28. The molecule has 14 heavy (non-hydrogen) atoms. The minimum Gasteiger partial charge on any atom is -0.394 e. The predicted molar refractivity (Wildman–Crippen MR) is 59.3 cm³/mol. The van der Waals surface area contributed by atoms with Crippen LogP contribution in [0, 0.1) is 0 Å². The molecule has 0 aromatic carbocycles. The van der Waals surface area contributed by atoms with Gasteiger partial charge in [-0.2, -0.15) is 0 Å². The van der Waals surface area contributed by atoms with Gasteiger partial charge in [-0.25, -0.2) is 0 Å². The van der Waals surface area contributed by atoms with Crippen molar-refractivity contribution in [1.29, 1.82) is 0 Å². The third kappa shape index (κ3) is 2330. The number of hydrogen-bond donors (Lipinski definition) is 3. The maximum Gasteiger partial charge on any atom is 0.0483 e. The largest absolute Gasteiger partial charge is 0.394 e. The van der Waals surface area contributed by atoms with Gasteiger partial charge in [-0.05, 0) is 41.5 Å². The number of aliphatic hydroxyl groups is 3. The summed E-state index contributed by atoms with van der Waals surface area (Å²) in [5, 5.41) is 24.2. The zero-order valence-electron chi connectivity index (χ0n) is 9.98. The maximum absolute atomic E-state index is 8.06. The van der Waals surface area contributed by atoms with Gasteiger partial charge in [0.15, 0.2) is 0 Å². The zero-order valence-corrected chi connectivity index (χ0v) is 12.4. The summed E-state index contributed by atoms with van der Waals surface area (Å²) in [6.45, 7) is 10.3. The second-order valence-corrected chi connectivity index (χ2v) is 3.28. The summed E-state index contributed by atoms with van der Waals surface area (Å²) in [6.07, 6.45) is -0.500. The normalized spacial score (nSPS) is 7.71. The maximum atomic E-state index is 8.06.